The fraction of sp³-hybridized carbons (Fsp3) is 0.370. The minimum atomic E-state index is -0.964. The van der Waals surface area contributed by atoms with Crippen LogP contribution in [0.15, 0.2) is 66.3 Å². The molecule has 2 bridgehead atoms. The number of carbonyl (C=O) groups excluding carboxylic acids is 1. The van der Waals surface area contributed by atoms with Gasteiger partial charge in [0.2, 0.25) is 0 Å². The fourth-order valence-electron chi connectivity index (χ4n) is 5.61. The number of benzene rings is 2. The van der Waals surface area contributed by atoms with Crippen LogP contribution in [0.1, 0.15) is 83.5 Å². The highest BCUT2D eigenvalue weighted by Gasteiger charge is 2.37. The fourth-order valence-corrected chi connectivity index (χ4v) is 5.61. The van der Waals surface area contributed by atoms with Gasteiger partial charge in [-0.05, 0) is 72.1 Å². The molecule has 3 nitrogen and oxygen atoms in total. The Balaban J connectivity index is 1.44. The molecule has 6 rings (SSSR count). The molecule has 0 spiro atoms. The Morgan fingerprint density at radius 1 is 1.03 bits per heavy atom. The van der Waals surface area contributed by atoms with Crippen LogP contribution in [0.3, 0.4) is 0 Å². The van der Waals surface area contributed by atoms with Crippen LogP contribution in [0.25, 0.3) is 0 Å². The van der Waals surface area contributed by atoms with E-state index in [9.17, 15) is 15.0 Å². The highest BCUT2D eigenvalue weighted by Crippen LogP contribution is 2.52. The van der Waals surface area contributed by atoms with Gasteiger partial charge in [-0.1, -0.05) is 55.5 Å². The summed E-state index contributed by atoms with van der Waals surface area (Å²) < 4.78 is 0. The molecule has 0 fully saturated rings. The first-order chi connectivity index (χ1) is 14.5. The van der Waals surface area contributed by atoms with Gasteiger partial charge >= 0.3 is 0 Å². The molecule has 0 aromatic heterocycles. The molecule has 4 unspecified atom stereocenters. The third-order valence-electron chi connectivity index (χ3n) is 7.38. The number of aliphatic hydroxyl groups excluding tert-OH is 1. The van der Waals surface area contributed by atoms with Gasteiger partial charge in [-0.3, -0.25) is 4.79 Å². The molecule has 4 aliphatic rings. The first-order valence-electron chi connectivity index (χ1n) is 11.1. The smallest absolute Gasteiger partial charge is 0.185 e. The standard InChI is InChI=1S/C27H28O3/c1-2-27(30)14-13-19(28)16-18(27)8-12-26(29)17-7-9-23-22-10-11-24(25(23)15-17)21-6-4-3-5-20(21)22/h3-9,12,15-16,19,22,24,28,30H,2,10-11,13-14H2,1H3. The van der Waals surface area contributed by atoms with Crippen LogP contribution in [0, 0.1) is 0 Å². The van der Waals surface area contributed by atoms with Gasteiger partial charge in [0, 0.05) is 17.4 Å². The Morgan fingerprint density at radius 3 is 2.40 bits per heavy atom. The zero-order valence-electron chi connectivity index (χ0n) is 17.3. The Kier molecular flexibility index (Phi) is 4.76. The van der Waals surface area contributed by atoms with E-state index in [0.29, 0.717) is 42.2 Å². The zero-order chi connectivity index (χ0) is 20.9. The number of carbonyl (C=O) groups is 1. The lowest BCUT2D eigenvalue weighted by molar-refractivity contribution is 0.0411. The molecule has 2 aromatic carbocycles. The van der Waals surface area contributed by atoms with Crippen LogP contribution in [0.4, 0.5) is 0 Å². The highest BCUT2D eigenvalue weighted by atomic mass is 16.3. The summed E-state index contributed by atoms with van der Waals surface area (Å²) in [6.07, 6.45) is 8.28. The third kappa shape index (κ3) is 3.08. The maximum Gasteiger partial charge on any atom is 0.185 e. The van der Waals surface area contributed by atoms with E-state index < -0.39 is 11.7 Å². The summed E-state index contributed by atoms with van der Waals surface area (Å²) in [4.78, 5) is 12.9. The predicted molar refractivity (Wildman–Crippen MR) is 118 cm³/mol. The molecular weight excluding hydrogens is 372 g/mol. The largest absolute Gasteiger partial charge is 0.389 e. The van der Waals surface area contributed by atoms with Gasteiger partial charge < -0.3 is 10.2 Å². The van der Waals surface area contributed by atoms with Crippen LogP contribution in [-0.2, 0) is 0 Å². The number of aliphatic hydroxyl groups is 2. The minimum absolute atomic E-state index is 0.0630. The maximum atomic E-state index is 12.9. The van der Waals surface area contributed by atoms with Gasteiger partial charge in [0.05, 0.1) is 11.7 Å². The van der Waals surface area contributed by atoms with Gasteiger partial charge in [0.25, 0.3) is 0 Å². The van der Waals surface area contributed by atoms with Crippen molar-refractivity contribution in [2.24, 2.45) is 0 Å². The van der Waals surface area contributed by atoms with Crippen molar-refractivity contribution in [1.29, 1.82) is 0 Å². The number of fused-ring (bicyclic) bond motifs is 1. The van der Waals surface area contributed by atoms with Gasteiger partial charge in [-0.2, -0.15) is 0 Å². The van der Waals surface area contributed by atoms with Gasteiger partial charge in [0.1, 0.15) is 0 Å². The lowest BCUT2D eigenvalue weighted by Crippen LogP contribution is -2.35. The van der Waals surface area contributed by atoms with Crippen molar-refractivity contribution < 1.29 is 15.0 Å². The number of rotatable bonds is 4. The Labute approximate surface area is 177 Å². The van der Waals surface area contributed by atoms with Crippen LogP contribution >= 0.6 is 0 Å². The van der Waals surface area contributed by atoms with E-state index in [-0.39, 0.29) is 5.78 Å². The molecule has 0 saturated carbocycles. The molecule has 2 aromatic rings. The average molecular weight is 401 g/mol. The van der Waals surface area contributed by atoms with Crippen LogP contribution in [-0.4, -0.2) is 27.7 Å². The summed E-state index contributed by atoms with van der Waals surface area (Å²) in [5.41, 5.74) is 5.88. The number of hydrogen-bond acceptors (Lipinski definition) is 3. The molecule has 3 heteroatoms. The molecule has 154 valence electrons. The molecular formula is C27H28O3. The quantitative estimate of drug-likeness (QED) is 0.560. The maximum absolute atomic E-state index is 12.9. The number of hydrogen-bond donors (Lipinski definition) is 2. The molecule has 0 aliphatic heterocycles. The van der Waals surface area contributed by atoms with Crippen molar-refractivity contribution in [2.75, 3.05) is 0 Å². The highest BCUT2D eigenvalue weighted by molar-refractivity contribution is 6.05. The molecule has 2 N–H and O–H groups in total. The summed E-state index contributed by atoms with van der Waals surface area (Å²) in [7, 11) is 0. The van der Waals surface area contributed by atoms with E-state index in [1.165, 1.54) is 28.7 Å². The molecule has 30 heavy (non-hydrogen) atoms. The van der Waals surface area contributed by atoms with E-state index >= 15 is 0 Å². The van der Waals surface area contributed by atoms with E-state index in [4.69, 9.17) is 0 Å². The number of allylic oxidation sites excluding steroid dienone is 1. The Morgan fingerprint density at radius 2 is 1.70 bits per heavy atom. The van der Waals surface area contributed by atoms with E-state index in [2.05, 4.69) is 36.4 Å². The Bertz CT molecular complexity index is 1060. The molecule has 4 atom stereocenters. The number of ketones is 1. The summed E-state index contributed by atoms with van der Waals surface area (Å²) in [6, 6.07) is 14.9. The molecule has 4 aliphatic carbocycles. The SMILES string of the molecule is CCC1(O)CCC(O)C=C1C=CC(=O)c1ccc2c(c1)C1CCC2c2ccccc21. The molecule has 0 saturated heterocycles. The Hall–Kier alpha value is -2.49. The predicted octanol–water partition coefficient (Wildman–Crippen LogP) is 5.02. The van der Waals surface area contributed by atoms with Crippen molar-refractivity contribution in [3.05, 3.63) is 94.1 Å². The zero-order valence-corrected chi connectivity index (χ0v) is 17.3. The van der Waals surface area contributed by atoms with Crippen LogP contribution in [0.2, 0.25) is 0 Å². The minimum Gasteiger partial charge on any atom is -0.389 e. The summed E-state index contributed by atoms with van der Waals surface area (Å²) >= 11 is 0. The van der Waals surface area contributed by atoms with Gasteiger partial charge in [-0.25, -0.2) is 0 Å². The molecule has 0 radical (unpaired) electrons. The first kappa shape index (κ1) is 19.5. The normalized spacial score (nSPS) is 29.4. The second-order valence-electron chi connectivity index (χ2n) is 8.97. The average Bonchev–Trinajstić information content (AvgIpc) is 2.79. The van der Waals surface area contributed by atoms with E-state index in [1.54, 1.807) is 18.2 Å². The van der Waals surface area contributed by atoms with Crippen molar-refractivity contribution >= 4 is 5.78 Å². The van der Waals surface area contributed by atoms with Gasteiger partial charge in [-0.15, -0.1) is 0 Å². The van der Waals surface area contributed by atoms with Crippen molar-refractivity contribution in [2.45, 2.75) is 62.6 Å². The van der Waals surface area contributed by atoms with Crippen LogP contribution < -0.4 is 0 Å². The lowest BCUT2D eigenvalue weighted by Gasteiger charge is -2.40. The second kappa shape index (κ2) is 7.33. The monoisotopic (exact) mass is 400 g/mol. The molecule has 0 amide bonds. The topological polar surface area (TPSA) is 57.5 Å². The lowest BCUT2D eigenvalue weighted by atomic mass is 9.63. The third-order valence-corrected chi connectivity index (χ3v) is 7.38. The van der Waals surface area contributed by atoms with Crippen molar-refractivity contribution in [3.63, 3.8) is 0 Å². The first-order valence-corrected chi connectivity index (χ1v) is 11.1. The van der Waals surface area contributed by atoms with Gasteiger partial charge in [0.15, 0.2) is 5.78 Å². The summed E-state index contributed by atoms with van der Waals surface area (Å²) in [6.45, 7) is 1.93. The van der Waals surface area contributed by atoms with Crippen LogP contribution in [0.5, 0.6) is 0 Å². The van der Waals surface area contributed by atoms with E-state index in [1.807, 2.05) is 13.0 Å². The van der Waals surface area contributed by atoms with Crippen molar-refractivity contribution in [1.82, 2.24) is 0 Å². The summed E-state index contributed by atoms with van der Waals surface area (Å²) in [5, 5.41) is 20.8. The summed E-state index contributed by atoms with van der Waals surface area (Å²) in [5.74, 6) is 0.751. The molecule has 0 heterocycles. The van der Waals surface area contributed by atoms with Crippen molar-refractivity contribution in [3.8, 4) is 0 Å². The second-order valence-corrected chi connectivity index (χ2v) is 8.97. The van der Waals surface area contributed by atoms with E-state index in [0.717, 1.165) is 6.42 Å².